The van der Waals surface area contributed by atoms with E-state index in [9.17, 15) is 8.78 Å². The molecule has 1 saturated carbocycles. The predicted octanol–water partition coefficient (Wildman–Crippen LogP) is 3.34. The quantitative estimate of drug-likeness (QED) is 0.729. The maximum atomic E-state index is 13.1. The molecule has 1 nitrogen and oxygen atoms in total. The van der Waals surface area contributed by atoms with Crippen LogP contribution in [0.5, 0.6) is 0 Å². The van der Waals surface area contributed by atoms with Gasteiger partial charge in [0.05, 0.1) is 0 Å². The van der Waals surface area contributed by atoms with E-state index in [1.807, 2.05) is 0 Å². The van der Waals surface area contributed by atoms with E-state index in [0.29, 0.717) is 5.56 Å². The molecule has 0 aromatic heterocycles. The molecule has 1 fully saturated rings. The van der Waals surface area contributed by atoms with Gasteiger partial charge in [0.1, 0.15) is 11.6 Å². The van der Waals surface area contributed by atoms with Crippen molar-refractivity contribution in [3.63, 3.8) is 0 Å². The zero-order valence-corrected chi connectivity index (χ0v) is 9.26. The van der Waals surface area contributed by atoms with Crippen molar-refractivity contribution in [3.8, 4) is 0 Å². The number of hydrogen-bond acceptors (Lipinski definition) is 1. The molecule has 0 saturated heterocycles. The first-order valence-electron chi connectivity index (χ1n) is 5.88. The van der Waals surface area contributed by atoms with Crippen LogP contribution in [0.4, 0.5) is 8.78 Å². The molecule has 2 rings (SSSR count). The highest BCUT2D eigenvalue weighted by Crippen LogP contribution is 2.31. The zero-order valence-electron chi connectivity index (χ0n) is 9.26. The number of halogens is 2. The molecule has 0 radical (unpaired) electrons. The molecule has 0 amide bonds. The summed E-state index contributed by atoms with van der Waals surface area (Å²) in [5.41, 5.74) is 6.78. The fraction of sp³-hybridized carbons (Fsp3) is 0.538. The molecule has 0 spiro atoms. The highest BCUT2D eigenvalue weighted by Gasteiger charge is 2.22. The molecule has 0 aliphatic heterocycles. The van der Waals surface area contributed by atoms with Crippen molar-refractivity contribution < 1.29 is 8.78 Å². The average Bonchev–Trinajstić information content (AvgIpc) is 2.41. The molecule has 88 valence electrons. The highest BCUT2D eigenvalue weighted by molar-refractivity contribution is 5.23. The van der Waals surface area contributed by atoms with E-state index in [2.05, 4.69) is 0 Å². The minimum Gasteiger partial charge on any atom is -0.327 e. The molecule has 0 bridgehead atoms. The molecule has 1 aromatic rings. The van der Waals surface area contributed by atoms with E-state index in [1.165, 1.54) is 18.6 Å². The second-order valence-corrected chi connectivity index (χ2v) is 4.61. The Morgan fingerprint density at radius 2 is 1.56 bits per heavy atom. The van der Waals surface area contributed by atoms with Gasteiger partial charge in [0.25, 0.3) is 0 Å². The summed E-state index contributed by atoms with van der Waals surface area (Å²) in [6, 6.07) is 3.77. The van der Waals surface area contributed by atoms with Gasteiger partial charge in [-0.3, -0.25) is 0 Å². The second kappa shape index (κ2) is 4.91. The first-order valence-corrected chi connectivity index (χ1v) is 5.88. The maximum Gasteiger partial charge on any atom is 0.126 e. The summed E-state index contributed by atoms with van der Waals surface area (Å²) < 4.78 is 26.3. The van der Waals surface area contributed by atoms with E-state index in [0.717, 1.165) is 31.7 Å². The Labute approximate surface area is 94.7 Å². The summed E-state index contributed by atoms with van der Waals surface area (Å²) in [4.78, 5) is 0. The monoisotopic (exact) mass is 225 g/mol. The number of rotatable bonds is 1. The lowest BCUT2D eigenvalue weighted by molar-refractivity contribution is 0.495. The average molecular weight is 225 g/mol. The lowest BCUT2D eigenvalue weighted by atomic mass is 9.88. The SMILES string of the molecule is NC1CCCCCC1c1cc(F)cc(F)c1. The summed E-state index contributed by atoms with van der Waals surface area (Å²) in [6.07, 6.45) is 5.26. The minimum atomic E-state index is -0.508. The van der Waals surface area contributed by atoms with Crippen molar-refractivity contribution in [2.24, 2.45) is 5.73 Å². The molecule has 1 aliphatic rings. The summed E-state index contributed by atoms with van der Waals surface area (Å²) in [5.74, 6) is -0.911. The van der Waals surface area contributed by atoms with E-state index in [1.54, 1.807) is 0 Å². The topological polar surface area (TPSA) is 26.0 Å². The van der Waals surface area contributed by atoms with Gasteiger partial charge >= 0.3 is 0 Å². The summed E-state index contributed by atoms with van der Waals surface area (Å²) in [5, 5.41) is 0. The van der Waals surface area contributed by atoms with Crippen LogP contribution in [-0.2, 0) is 0 Å². The van der Waals surface area contributed by atoms with Crippen LogP contribution in [0.3, 0.4) is 0 Å². The van der Waals surface area contributed by atoms with Gasteiger partial charge in [-0.25, -0.2) is 8.78 Å². The van der Waals surface area contributed by atoms with E-state index >= 15 is 0 Å². The summed E-state index contributed by atoms with van der Waals surface area (Å²) >= 11 is 0. The Kier molecular flexibility index (Phi) is 3.54. The summed E-state index contributed by atoms with van der Waals surface area (Å²) in [7, 11) is 0. The third-order valence-electron chi connectivity index (χ3n) is 3.38. The minimum absolute atomic E-state index is 0.0312. The molecule has 1 aromatic carbocycles. The van der Waals surface area contributed by atoms with Crippen LogP contribution in [0.1, 0.15) is 43.6 Å². The molecule has 2 N–H and O–H groups in total. The van der Waals surface area contributed by atoms with Gasteiger partial charge in [0, 0.05) is 12.1 Å². The van der Waals surface area contributed by atoms with Crippen molar-refractivity contribution in [2.45, 2.75) is 44.1 Å². The van der Waals surface area contributed by atoms with Crippen LogP contribution in [0.15, 0.2) is 18.2 Å². The van der Waals surface area contributed by atoms with Gasteiger partial charge in [-0.2, -0.15) is 0 Å². The van der Waals surface area contributed by atoms with Gasteiger partial charge in [0.15, 0.2) is 0 Å². The van der Waals surface area contributed by atoms with Crippen LogP contribution < -0.4 is 5.73 Å². The first-order chi connectivity index (χ1) is 7.66. The van der Waals surface area contributed by atoms with Crippen molar-refractivity contribution in [1.29, 1.82) is 0 Å². The Balaban J connectivity index is 2.26. The molecule has 2 atom stereocenters. The number of hydrogen-bond donors (Lipinski definition) is 1. The van der Waals surface area contributed by atoms with Crippen molar-refractivity contribution in [3.05, 3.63) is 35.4 Å². The van der Waals surface area contributed by atoms with E-state index in [4.69, 9.17) is 5.73 Å². The summed E-state index contributed by atoms with van der Waals surface area (Å²) in [6.45, 7) is 0. The smallest absolute Gasteiger partial charge is 0.126 e. The Bertz CT molecular complexity index is 345. The van der Waals surface area contributed by atoms with Gasteiger partial charge in [-0.15, -0.1) is 0 Å². The van der Waals surface area contributed by atoms with Gasteiger partial charge < -0.3 is 5.73 Å². The van der Waals surface area contributed by atoms with Crippen LogP contribution >= 0.6 is 0 Å². The van der Waals surface area contributed by atoms with Crippen molar-refractivity contribution in [1.82, 2.24) is 0 Å². The third-order valence-corrected chi connectivity index (χ3v) is 3.38. The predicted molar refractivity (Wildman–Crippen MR) is 60.2 cm³/mol. The standard InChI is InChI=1S/C13H17F2N/c14-10-6-9(7-11(15)8-10)12-4-2-1-3-5-13(12)16/h6-8,12-13H,1-5,16H2. The second-order valence-electron chi connectivity index (χ2n) is 4.61. The molecule has 0 heterocycles. The highest BCUT2D eigenvalue weighted by atomic mass is 19.1. The molecular formula is C13H17F2N. The maximum absolute atomic E-state index is 13.1. The van der Waals surface area contributed by atoms with Crippen LogP contribution in [0.25, 0.3) is 0 Å². The normalized spacial score (nSPS) is 26.4. The van der Waals surface area contributed by atoms with E-state index < -0.39 is 11.6 Å². The Hall–Kier alpha value is -0.960. The molecule has 1 aliphatic carbocycles. The number of benzene rings is 1. The van der Waals surface area contributed by atoms with E-state index in [-0.39, 0.29) is 12.0 Å². The molecule has 16 heavy (non-hydrogen) atoms. The van der Waals surface area contributed by atoms with Crippen LogP contribution in [-0.4, -0.2) is 6.04 Å². The Morgan fingerprint density at radius 3 is 2.25 bits per heavy atom. The molecule has 3 heteroatoms. The fourth-order valence-corrected chi connectivity index (χ4v) is 2.54. The van der Waals surface area contributed by atoms with Crippen LogP contribution in [0.2, 0.25) is 0 Å². The van der Waals surface area contributed by atoms with Gasteiger partial charge in [-0.05, 0) is 36.5 Å². The van der Waals surface area contributed by atoms with Gasteiger partial charge in [-0.1, -0.05) is 19.3 Å². The van der Waals surface area contributed by atoms with Gasteiger partial charge in [0.2, 0.25) is 0 Å². The third kappa shape index (κ3) is 2.59. The first kappa shape index (κ1) is 11.5. The largest absolute Gasteiger partial charge is 0.327 e. The lowest BCUT2D eigenvalue weighted by Crippen LogP contribution is -2.27. The fourth-order valence-electron chi connectivity index (χ4n) is 2.54. The van der Waals surface area contributed by atoms with Crippen molar-refractivity contribution in [2.75, 3.05) is 0 Å². The zero-order chi connectivity index (χ0) is 11.5. The molecule has 2 unspecified atom stereocenters. The molecular weight excluding hydrogens is 208 g/mol. The Morgan fingerprint density at radius 1 is 0.938 bits per heavy atom. The number of nitrogens with two attached hydrogens (primary N) is 1. The van der Waals surface area contributed by atoms with Crippen LogP contribution in [0, 0.1) is 11.6 Å². The van der Waals surface area contributed by atoms with Crippen molar-refractivity contribution >= 4 is 0 Å². The lowest BCUT2D eigenvalue weighted by Gasteiger charge is -2.21.